The number of benzene rings is 1. The Hall–Kier alpha value is -1.55. The van der Waals surface area contributed by atoms with E-state index in [1.807, 2.05) is 6.07 Å². The molecule has 0 radical (unpaired) electrons. The summed E-state index contributed by atoms with van der Waals surface area (Å²) < 4.78 is 5.56. The maximum absolute atomic E-state index is 12.3. The first-order valence-electron chi connectivity index (χ1n) is 7.56. The Labute approximate surface area is 118 Å². The van der Waals surface area contributed by atoms with Crippen LogP contribution in [0.5, 0.6) is 5.75 Å². The summed E-state index contributed by atoms with van der Waals surface area (Å²) in [6.07, 6.45) is 4.61. The van der Waals surface area contributed by atoms with E-state index < -0.39 is 0 Å². The molecular weight excluding hydrogens is 252 g/mol. The molecule has 2 fully saturated rings. The third-order valence-corrected chi connectivity index (χ3v) is 4.68. The zero-order chi connectivity index (χ0) is 13.7. The van der Waals surface area contributed by atoms with Crippen LogP contribution in [0.2, 0.25) is 0 Å². The summed E-state index contributed by atoms with van der Waals surface area (Å²) in [6, 6.07) is 6.84. The highest BCUT2D eigenvalue weighted by Crippen LogP contribution is 2.41. The highest BCUT2D eigenvalue weighted by molar-refractivity contribution is 5.78. The summed E-state index contributed by atoms with van der Waals surface area (Å²) in [5.74, 6) is 1.26. The van der Waals surface area contributed by atoms with Crippen molar-refractivity contribution in [3.8, 4) is 5.75 Å². The molecule has 1 aliphatic carbocycles. The maximum Gasteiger partial charge on any atom is 0.223 e. The predicted molar refractivity (Wildman–Crippen MR) is 75.5 cm³/mol. The van der Waals surface area contributed by atoms with E-state index in [4.69, 9.17) is 10.5 Å². The third-order valence-electron chi connectivity index (χ3n) is 4.68. The highest BCUT2D eigenvalue weighted by Gasteiger charge is 2.43. The molecule has 3 aliphatic rings. The molecule has 1 aromatic rings. The molecule has 0 spiro atoms. The van der Waals surface area contributed by atoms with Gasteiger partial charge in [0.05, 0.1) is 12.6 Å². The quantitative estimate of drug-likeness (QED) is 0.892. The average molecular weight is 272 g/mol. The summed E-state index contributed by atoms with van der Waals surface area (Å²) in [6.45, 7) is 0.765. The summed E-state index contributed by atoms with van der Waals surface area (Å²) >= 11 is 0. The van der Waals surface area contributed by atoms with E-state index in [2.05, 4.69) is 17.0 Å². The molecular formula is C16H20N2O2. The number of hydrogen-bond donors (Lipinski definition) is 1. The van der Waals surface area contributed by atoms with Crippen molar-refractivity contribution in [2.75, 3.05) is 6.61 Å². The lowest BCUT2D eigenvalue weighted by Gasteiger charge is -2.40. The Bertz CT molecular complexity index is 553. The van der Waals surface area contributed by atoms with Gasteiger partial charge in [0.15, 0.2) is 0 Å². The lowest BCUT2D eigenvalue weighted by molar-refractivity contribution is -0.138. The summed E-state index contributed by atoms with van der Waals surface area (Å²) in [4.78, 5) is 14.3. The molecule has 1 amide bonds. The van der Waals surface area contributed by atoms with Crippen molar-refractivity contribution >= 4 is 5.91 Å². The van der Waals surface area contributed by atoms with Gasteiger partial charge in [0, 0.05) is 24.9 Å². The van der Waals surface area contributed by atoms with Gasteiger partial charge in [-0.2, -0.15) is 0 Å². The third kappa shape index (κ3) is 1.90. The van der Waals surface area contributed by atoms with E-state index in [9.17, 15) is 4.79 Å². The van der Waals surface area contributed by atoms with Gasteiger partial charge in [-0.1, -0.05) is 6.07 Å². The van der Waals surface area contributed by atoms with E-state index >= 15 is 0 Å². The fourth-order valence-corrected chi connectivity index (χ4v) is 3.52. The molecule has 2 aliphatic heterocycles. The van der Waals surface area contributed by atoms with Crippen LogP contribution >= 0.6 is 0 Å². The lowest BCUT2D eigenvalue weighted by Crippen LogP contribution is -2.49. The van der Waals surface area contributed by atoms with E-state index in [1.165, 1.54) is 11.1 Å². The average Bonchev–Trinajstić information content (AvgIpc) is 3.17. The van der Waals surface area contributed by atoms with Gasteiger partial charge < -0.3 is 15.4 Å². The molecule has 0 bridgehead atoms. The van der Waals surface area contributed by atoms with E-state index in [-0.39, 0.29) is 18.0 Å². The second kappa shape index (κ2) is 4.48. The molecule has 2 atom stereocenters. The minimum Gasteiger partial charge on any atom is -0.493 e. The van der Waals surface area contributed by atoms with Gasteiger partial charge in [0.1, 0.15) is 5.75 Å². The van der Waals surface area contributed by atoms with E-state index in [0.717, 1.165) is 38.0 Å². The van der Waals surface area contributed by atoms with Crippen LogP contribution in [0.25, 0.3) is 0 Å². The summed E-state index contributed by atoms with van der Waals surface area (Å²) in [5, 5.41) is 0. The van der Waals surface area contributed by atoms with Gasteiger partial charge in [-0.25, -0.2) is 0 Å². The van der Waals surface area contributed by atoms with Crippen molar-refractivity contribution in [2.45, 2.75) is 50.2 Å². The van der Waals surface area contributed by atoms with Gasteiger partial charge in [-0.05, 0) is 42.5 Å². The summed E-state index contributed by atoms with van der Waals surface area (Å²) in [7, 11) is 0. The molecule has 2 heterocycles. The number of nitrogens with two attached hydrogens (primary N) is 1. The van der Waals surface area contributed by atoms with Crippen LogP contribution in [0.4, 0.5) is 0 Å². The second-order valence-electron chi connectivity index (χ2n) is 6.15. The largest absolute Gasteiger partial charge is 0.493 e. The number of likely N-dealkylation sites (tertiary alicyclic amines) is 1. The molecule has 4 rings (SSSR count). The molecule has 2 N–H and O–H groups in total. The normalized spacial score (nSPS) is 29.2. The Morgan fingerprint density at radius 3 is 2.85 bits per heavy atom. The molecule has 1 aromatic carbocycles. The first-order valence-corrected chi connectivity index (χ1v) is 7.56. The van der Waals surface area contributed by atoms with Gasteiger partial charge in [-0.3, -0.25) is 4.79 Å². The van der Waals surface area contributed by atoms with Crippen LogP contribution in [0.1, 0.15) is 42.9 Å². The SMILES string of the molecule is NC1CCC(=O)N(C2CC2)C1c1ccc2c(c1)CCO2. The van der Waals surface area contributed by atoms with E-state index in [1.54, 1.807) is 0 Å². The van der Waals surface area contributed by atoms with Crippen LogP contribution in [-0.2, 0) is 11.2 Å². The standard InChI is InChI=1S/C16H20N2O2/c17-13-4-6-15(19)18(12-2-3-12)16(13)11-1-5-14-10(9-11)7-8-20-14/h1,5,9,12-13,16H,2-4,6-8,17H2. The zero-order valence-electron chi connectivity index (χ0n) is 11.5. The molecule has 1 saturated carbocycles. The molecule has 4 nitrogen and oxygen atoms in total. The minimum atomic E-state index is 0.0497. The van der Waals surface area contributed by atoms with Gasteiger partial charge in [0.2, 0.25) is 5.91 Å². The molecule has 2 unspecified atom stereocenters. The Balaban J connectivity index is 1.71. The first-order chi connectivity index (χ1) is 9.74. The molecule has 4 heteroatoms. The maximum atomic E-state index is 12.3. The van der Waals surface area contributed by atoms with Crippen molar-refractivity contribution in [3.05, 3.63) is 29.3 Å². The fraction of sp³-hybridized carbons (Fsp3) is 0.562. The van der Waals surface area contributed by atoms with Crippen molar-refractivity contribution in [2.24, 2.45) is 5.73 Å². The number of piperidine rings is 1. The van der Waals surface area contributed by atoms with Crippen LogP contribution < -0.4 is 10.5 Å². The number of carbonyl (C=O) groups is 1. The molecule has 1 saturated heterocycles. The smallest absolute Gasteiger partial charge is 0.223 e. The Kier molecular flexibility index (Phi) is 2.74. The lowest BCUT2D eigenvalue weighted by atomic mass is 9.89. The highest BCUT2D eigenvalue weighted by atomic mass is 16.5. The number of fused-ring (bicyclic) bond motifs is 1. The van der Waals surface area contributed by atoms with Crippen molar-refractivity contribution in [3.63, 3.8) is 0 Å². The molecule has 20 heavy (non-hydrogen) atoms. The van der Waals surface area contributed by atoms with Crippen molar-refractivity contribution in [1.29, 1.82) is 0 Å². The van der Waals surface area contributed by atoms with Crippen LogP contribution in [-0.4, -0.2) is 29.5 Å². The van der Waals surface area contributed by atoms with E-state index in [0.29, 0.717) is 12.5 Å². The minimum absolute atomic E-state index is 0.0497. The van der Waals surface area contributed by atoms with Gasteiger partial charge in [0.25, 0.3) is 0 Å². The summed E-state index contributed by atoms with van der Waals surface area (Å²) in [5.41, 5.74) is 8.78. The van der Waals surface area contributed by atoms with Crippen LogP contribution in [0.15, 0.2) is 18.2 Å². The number of hydrogen-bond acceptors (Lipinski definition) is 3. The van der Waals surface area contributed by atoms with Gasteiger partial charge >= 0.3 is 0 Å². The van der Waals surface area contributed by atoms with Gasteiger partial charge in [-0.15, -0.1) is 0 Å². The van der Waals surface area contributed by atoms with Crippen LogP contribution in [0, 0.1) is 0 Å². The molecule has 0 aromatic heterocycles. The number of ether oxygens (including phenoxy) is 1. The number of carbonyl (C=O) groups excluding carboxylic acids is 1. The number of nitrogens with zero attached hydrogens (tertiary/aromatic N) is 1. The number of rotatable bonds is 2. The fourth-order valence-electron chi connectivity index (χ4n) is 3.52. The topological polar surface area (TPSA) is 55.6 Å². The van der Waals surface area contributed by atoms with Crippen molar-refractivity contribution in [1.82, 2.24) is 4.90 Å². The molecule has 106 valence electrons. The first kappa shape index (κ1) is 12.2. The van der Waals surface area contributed by atoms with Crippen LogP contribution in [0.3, 0.4) is 0 Å². The zero-order valence-corrected chi connectivity index (χ0v) is 11.5. The van der Waals surface area contributed by atoms with Crippen molar-refractivity contribution < 1.29 is 9.53 Å². The predicted octanol–water partition coefficient (Wildman–Crippen LogP) is 1.77. The number of amides is 1. The Morgan fingerprint density at radius 1 is 1.20 bits per heavy atom. The second-order valence-corrected chi connectivity index (χ2v) is 6.15. The monoisotopic (exact) mass is 272 g/mol. The Morgan fingerprint density at radius 2 is 2.05 bits per heavy atom.